The highest BCUT2D eigenvalue weighted by Gasteiger charge is 2.25. The van der Waals surface area contributed by atoms with Crippen LogP contribution < -0.4 is 5.73 Å². The van der Waals surface area contributed by atoms with E-state index >= 15 is 0 Å². The van der Waals surface area contributed by atoms with Gasteiger partial charge >= 0.3 is 0 Å². The lowest BCUT2D eigenvalue weighted by atomic mass is 9.77. The van der Waals surface area contributed by atoms with E-state index in [1.807, 2.05) is 24.3 Å². The maximum atomic E-state index is 12.9. The average molecular weight is 278 g/mol. The molecule has 1 atom stereocenters. The molecule has 0 fully saturated rings. The van der Waals surface area contributed by atoms with Crippen molar-refractivity contribution in [3.05, 3.63) is 70.5 Å². The van der Waals surface area contributed by atoms with Gasteiger partial charge in [-0.1, -0.05) is 42.8 Å². The minimum Gasteiger partial charge on any atom is -0.330 e. The van der Waals surface area contributed by atoms with Crippen molar-refractivity contribution in [2.45, 2.75) is 18.8 Å². The summed E-state index contributed by atoms with van der Waals surface area (Å²) in [7, 11) is 0. The van der Waals surface area contributed by atoms with Crippen LogP contribution >= 0.6 is 11.6 Å². The van der Waals surface area contributed by atoms with Gasteiger partial charge in [0.2, 0.25) is 0 Å². The third kappa shape index (κ3) is 3.34. The summed E-state index contributed by atoms with van der Waals surface area (Å²) in [4.78, 5) is 0. The maximum absolute atomic E-state index is 12.9. The third-order valence-electron chi connectivity index (χ3n) is 3.48. The zero-order valence-electron chi connectivity index (χ0n) is 10.9. The Bertz CT molecular complexity index is 553. The lowest BCUT2D eigenvalue weighted by Gasteiger charge is -2.29. The molecule has 1 nitrogen and oxygen atoms in total. The van der Waals surface area contributed by atoms with Crippen LogP contribution in [0.15, 0.2) is 48.5 Å². The Labute approximate surface area is 118 Å². The molecule has 0 spiro atoms. The van der Waals surface area contributed by atoms with Crippen molar-refractivity contribution in [2.75, 3.05) is 6.54 Å². The molecule has 1 unspecified atom stereocenters. The fourth-order valence-electron chi connectivity index (χ4n) is 2.21. The molecule has 0 radical (unpaired) electrons. The Morgan fingerprint density at radius 2 is 1.84 bits per heavy atom. The summed E-state index contributed by atoms with van der Waals surface area (Å²) in [5.74, 6) is -0.221. The second kappa shape index (κ2) is 5.72. The van der Waals surface area contributed by atoms with Gasteiger partial charge in [0.25, 0.3) is 0 Å². The molecule has 0 aliphatic rings. The highest BCUT2D eigenvalue weighted by atomic mass is 35.5. The van der Waals surface area contributed by atoms with Gasteiger partial charge in [-0.2, -0.15) is 0 Å². The van der Waals surface area contributed by atoms with E-state index in [4.69, 9.17) is 17.3 Å². The fraction of sp³-hybridized carbons (Fsp3) is 0.250. The van der Waals surface area contributed by atoms with E-state index in [2.05, 4.69) is 6.92 Å². The van der Waals surface area contributed by atoms with E-state index in [0.29, 0.717) is 11.6 Å². The first-order chi connectivity index (χ1) is 9.03. The standard InChI is InChI=1S/C16H17ClFN/c1-16(11-19,13-3-2-4-14(17)9-13)10-12-5-7-15(18)8-6-12/h2-9H,10-11,19H2,1H3. The van der Waals surface area contributed by atoms with Crippen molar-refractivity contribution < 1.29 is 4.39 Å². The van der Waals surface area contributed by atoms with Crippen LogP contribution in [0.25, 0.3) is 0 Å². The molecule has 100 valence electrons. The lowest BCUT2D eigenvalue weighted by Crippen LogP contribution is -2.34. The Hall–Kier alpha value is -1.38. The van der Waals surface area contributed by atoms with Gasteiger partial charge in [0, 0.05) is 17.0 Å². The summed E-state index contributed by atoms with van der Waals surface area (Å²) in [6, 6.07) is 14.3. The average Bonchev–Trinajstić information content (AvgIpc) is 2.41. The molecule has 2 rings (SSSR count). The summed E-state index contributed by atoms with van der Waals surface area (Å²) >= 11 is 6.04. The van der Waals surface area contributed by atoms with Gasteiger partial charge in [-0.15, -0.1) is 0 Å². The zero-order chi connectivity index (χ0) is 13.9. The maximum Gasteiger partial charge on any atom is 0.123 e. The molecule has 0 saturated heterocycles. The summed E-state index contributed by atoms with van der Waals surface area (Å²) in [6.07, 6.45) is 0.754. The van der Waals surface area contributed by atoms with Gasteiger partial charge in [0.05, 0.1) is 0 Å². The van der Waals surface area contributed by atoms with Crippen LogP contribution in [-0.4, -0.2) is 6.54 Å². The van der Waals surface area contributed by atoms with Crippen LogP contribution in [-0.2, 0) is 11.8 Å². The molecular weight excluding hydrogens is 261 g/mol. The van der Waals surface area contributed by atoms with Gasteiger partial charge < -0.3 is 5.73 Å². The molecule has 0 aliphatic heterocycles. The van der Waals surface area contributed by atoms with E-state index in [9.17, 15) is 4.39 Å². The van der Waals surface area contributed by atoms with E-state index in [1.54, 1.807) is 12.1 Å². The SMILES string of the molecule is CC(CN)(Cc1ccc(F)cc1)c1cccc(Cl)c1. The van der Waals surface area contributed by atoms with Crippen LogP contribution in [0.5, 0.6) is 0 Å². The molecule has 0 saturated carbocycles. The fourth-order valence-corrected chi connectivity index (χ4v) is 2.40. The van der Waals surface area contributed by atoms with Gasteiger partial charge in [0.15, 0.2) is 0 Å². The molecular formula is C16H17ClFN. The highest BCUT2D eigenvalue weighted by Crippen LogP contribution is 2.29. The summed E-state index contributed by atoms with van der Waals surface area (Å²) in [5.41, 5.74) is 7.91. The third-order valence-corrected chi connectivity index (χ3v) is 3.71. The molecule has 19 heavy (non-hydrogen) atoms. The van der Waals surface area contributed by atoms with E-state index in [1.165, 1.54) is 12.1 Å². The molecule has 2 N–H and O–H groups in total. The second-order valence-corrected chi connectivity index (χ2v) is 5.51. The van der Waals surface area contributed by atoms with Crippen molar-refractivity contribution in [1.29, 1.82) is 0 Å². The van der Waals surface area contributed by atoms with Gasteiger partial charge in [-0.25, -0.2) is 4.39 Å². The van der Waals surface area contributed by atoms with Gasteiger partial charge in [-0.05, 0) is 41.8 Å². The Morgan fingerprint density at radius 1 is 1.16 bits per heavy atom. The number of rotatable bonds is 4. The molecule has 2 aromatic carbocycles. The predicted octanol–water partition coefficient (Wildman–Crippen LogP) is 3.94. The van der Waals surface area contributed by atoms with Crippen molar-refractivity contribution in [2.24, 2.45) is 5.73 Å². The number of hydrogen-bond acceptors (Lipinski definition) is 1. The van der Waals surface area contributed by atoms with E-state index in [0.717, 1.165) is 17.5 Å². The summed E-state index contributed by atoms with van der Waals surface area (Å²) < 4.78 is 12.9. The number of halogens is 2. The molecule has 3 heteroatoms. The molecule has 0 heterocycles. The van der Waals surface area contributed by atoms with Crippen LogP contribution in [0.1, 0.15) is 18.1 Å². The minimum absolute atomic E-state index is 0.206. The lowest BCUT2D eigenvalue weighted by molar-refractivity contribution is 0.480. The first kappa shape index (κ1) is 14.0. The molecule has 0 bridgehead atoms. The number of hydrogen-bond donors (Lipinski definition) is 1. The zero-order valence-corrected chi connectivity index (χ0v) is 11.6. The number of nitrogens with two attached hydrogens (primary N) is 1. The minimum atomic E-state index is -0.221. The Kier molecular flexibility index (Phi) is 4.23. The second-order valence-electron chi connectivity index (χ2n) is 5.08. The first-order valence-corrected chi connectivity index (χ1v) is 6.62. The molecule has 0 aliphatic carbocycles. The van der Waals surface area contributed by atoms with Crippen molar-refractivity contribution in [3.8, 4) is 0 Å². The van der Waals surface area contributed by atoms with Crippen molar-refractivity contribution in [3.63, 3.8) is 0 Å². The van der Waals surface area contributed by atoms with Crippen LogP contribution in [0.2, 0.25) is 5.02 Å². The van der Waals surface area contributed by atoms with Crippen molar-refractivity contribution >= 4 is 11.6 Å². The molecule has 0 aromatic heterocycles. The summed E-state index contributed by atoms with van der Waals surface area (Å²) in [5, 5.41) is 0.705. The smallest absolute Gasteiger partial charge is 0.123 e. The monoisotopic (exact) mass is 277 g/mol. The van der Waals surface area contributed by atoms with Crippen LogP contribution in [0.3, 0.4) is 0 Å². The summed E-state index contributed by atoms with van der Waals surface area (Å²) in [6.45, 7) is 2.60. The van der Waals surface area contributed by atoms with E-state index < -0.39 is 0 Å². The predicted molar refractivity (Wildman–Crippen MR) is 78.0 cm³/mol. The molecule has 2 aromatic rings. The van der Waals surface area contributed by atoms with Gasteiger partial charge in [0.1, 0.15) is 5.82 Å². The van der Waals surface area contributed by atoms with Crippen LogP contribution in [0.4, 0.5) is 4.39 Å². The van der Waals surface area contributed by atoms with E-state index in [-0.39, 0.29) is 11.2 Å². The Balaban J connectivity index is 2.30. The normalized spacial score (nSPS) is 14.1. The van der Waals surface area contributed by atoms with Crippen molar-refractivity contribution in [1.82, 2.24) is 0 Å². The Morgan fingerprint density at radius 3 is 2.42 bits per heavy atom. The first-order valence-electron chi connectivity index (χ1n) is 6.24. The largest absolute Gasteiger partial charge is 0.330 e. The van der Waals surface area contributed by atoms with Gasteiger partial charge in [-0.3, -0.25) is 0 Å². The topological polar surface area (TPSA) is 26.0 Å². The quantitative estimate of drug-likeness (QED) is 0.900. The highest BCUT2D eigenvalue weighted by molar-refractivity contribution is 6.30. The van der Waals surface area contributed by atoms with Crippen LogP contribution in [0, 0.1) is 5.82 Å². The number of benzene rings is 2. The molecule has 0 amide bonds.